The van der Waals surface area contributed by atoms with Crippen molar-refractivity contribution in [3.63, 3.8) is 0 Å². The van der Waals surface area contributed by atoms with E-state index in [0.29, 0.717) is 17.9 Å². The zero-order valence-electron chi connectivity index (χ0n) is 11.9. The van der Waals surface area contributed by atoms with Crippen molar-refractivity contribution in [2.24, 2.45) is 0 Å². The van der Waals surface area contributed by atoms with E-state index in [4.69, 9.17) is 4.74 Å². The zero-order valence-corrected chi connectivity index (χ0v) is 11.9. The lowest BCUT2D eigenvalue weighted by molar-refractivity contribution is 0.379. The van der Waals surface area contributed by atoms with Gasteiger partial charge in [0.2, 0.25) is 11.9 Å². The molecule has 0 spiro atoms. The minimum Gasteiger partial charge on any atom is -0.467 e. The fourth-order valence-electron chi connectivity index (χ4n) is 1.86. The first-order valence-corrected chi connectivity index (χ1v) is 6.49. The molecule has 20 heavy (non-hydrogen) atoms. The van der Waals surface area contributed by atoms with E-state index >= 15 is 0 Å². The van der Waals surface area contributed by atoms with E-state index in [1.165, 1.54) is 12.7 Å². The molecule has 2 aromatic rings. The Hall–Kier alpha value is -2.37. The van der Waals surface area contributed by atoms with Crippen LogP contribution in [0.5, 0.6) is 6.01 Å². The topological polar surface area (TPSA) is 72.0 Å². The van der Waals surface area contributed by atoms with Crippen LogP contribution in [0.3, 0.4) is 0 Å². The highest BCUT2D eigenvalue weighted by Gasteiger charge is 2.09. The number of hydrogen-bond acceptors (Lipinski definition) is 6. The average molecular weight is 273 g/mol. The highest BCUT2D eigenvalue weighted by molar-refractivity contribution is 5.36. The van der Waals surface area contributed by atoms with E-state index in [0.717, 1.165) is 6.42 Å². The van der Waals surface area contributed by atoms with E-state index < -0.39 is 0 Å². The lowest BCUT2D eigenvalue weighted by Crippen LogP contribution is -2.20. The number of ether oxygens (including phenoxy) is 1. The maximum Gasteiger partial charge on any atom is 0.322 e. The molecule has 0 amide bonds. The van der Waals surface area contributed by atoms with Gasteiger partial charge in [0.15, 0.2) is 0 Å². The van der Waals surface area contributed by atoms with Crippen LogP contribution in [0.4, 0.5) is 11.9 Å². The Kier molecular flexibility index (Phi) is 4.70. The number of nitrogens with one attached hydrogen (secondary N) is 2. The third kappa shape index (κ3) is 3.81. The summed E-state index contributed by atoms with van der Waals surface area (Å²) in [4.78, 5) is 12.5. The van der Waals surface area contributed by atoms with Crippen LogP contribution in [-0.2, 0) is 6.42 Å². The van der Waals surface area contributed by atoms with E-state index in [2.05, 4.69) is 44.6 Å². The zero-order chi connectivity index (χ0) is 14.4. The molecule has 0 aliphatic heterocycles. The van der Waals surface area contributed by atoms with Gasteiger partial charge >= 0.3 is 6.01 Å². The summed E-state index contributed by atoms with van der Waals surface area (Å²) < 4.78 is 5.05. The number of nitrogens with zero attached hydrogens (tertiary/aromatic N) is 3. The van der Waals surface area contributed by atoms with Crippen LogP contribution in [0, 0.1) is 0 Å². The van der Waals surface area contributed by atoms with Gasteiger partial charge in [0.1, 0.15) is 0 Å². The highest BCUT2D eigenvalue weighted by Crippen LogP contribution is 2.12. The number of rotatable bonds is 6. The maximum absolute atomic E-state index is 5.05. The summed E-state index contributed by atoms with van der Waals surface area (Å²) in [7, 11) is 3.29. The Morgan fingerprint density at radius 3 is 2.45 bits per heavy atom. The van der Waals surface area contributed by atoms with Crippen LogP contribution < -0.4 is 15.4 Å². The van der Waals surface area contributed by atoms with Crippen molar-refractivity contribution < 1.29 is 4.74 Å². The smallest absolute Gasteiger partial charge is 0.322 e. The van der Waals surface area contributed by atoms with E-state index in [1.807, 2.05) is 18.2 Å². The molecule has 1 heterocycles. The predicted molar refractivity (Wildman–Crippen MR) is 79.2 cm³/mol. The normalized spacial score (nSPS) is 11.8. The minimum absolute atomic E-state index is 0.203. The summed E-state index contributed by atoms with van der Waals surface area (Å²) in [5.41, 5.74) is 1.27. The van der Waals surface area contributed by atoms with Gasteiger partial charge in [-0.2, -0.15) is 15.0 Å². The highest BCUT2D eigenvalue weighted by atomic mass is 16.5. The Morgan fingerprint density at radius 2 is 1.80 bits per heavy atom. The summed E-state index contributed by atoms with van der Waals surface area (Å²) in [5, 5.41) is 6.14. The largest absolute Gasteiger partial charge is 0.467 e. The van der Waals surface area contributed by atoms with Gasteiger partial charge in [-0.25, -0.2) is 0 Å². The number of anilines is 2. The Balaban J connectivity index is 2.05. The second kappa shape index (κ2) is 6.70. The van der Waals surface area contributed by atoms with Crippen LogP contribution in [0.15, 0.2) is 30.3 Å². The molecule has 2 N–H and O–H groups in total. The van der Waals surface area contributed by atoms with Crippen molar-refractivity contribution in [1.29, 1.82) is 0 Å². The molecule has 6 heteroatoms. The Labute approximate surface area is 118 Å². The summed E-state index contributed by atoms with van der Waals surface area (Å²) in [6.07, 6.45) is 0.893. The molecule has 0 saturated carbocycles. The SMILES string of the molecule is CNc1nc(NC(C)Cc2ccccc2)nc(OC)n1. The molecule has 0 aliphatic rings. The van der Waals surface area contributed by atoms with Gasteiger partial charge in [-0.3, -0.25) is 0 Å². The van der Waals surface area contributed by atoms with Crippen molar-refractivity contribution in [2.45, 2.75) is 19.4 Å². The van der Waals surface area contributed by atoms with Gasteiger partial charge in [-0.15, -0.1) is 0 Å². The van der Waals surface area contributed by atoms with Gasteiger partial charge in [-0.05, 0) is 18.9 Å². The first-order chi connectivity index (χ1) is 9.71. The monoisotopic (exact) mass is 273 g/mol. The van der Waals surface area contributed by atoms with Gasteiger partial charge < -0.3 is 15.4 Å². The molecule has 106 valence electrons. The number of hydrogen-bond donors (Lipinski definition) is 2. The van der Waals surface area contributed by atoms with Gasteiger partial charge in [-0.1, -0.05) is 30.3 Å². The summed E-state index contributed by atoms with van der Waals surface area (Å²) in [5.74, 6) is 0.982. The first-order valence-electron chi connectivity index (χ1n) is 6.49. The second-order valence-corrected chi connectivity index (χ2v) is 4.45. The molecule has 0 saturated heterocycles. The molecular weight excluding hydrogens is 254 g/mol. The lowest BCUT2D eigenvalue weighted by atomic mass is 10.1. The molecule has 0 radical (unpaired) electrons. The molecule has 1 aromatic carbocycles. The van der Waals surface area contributed by atoms with Gasteiger partial charge in [0.05, 0.1) is 7.11 Å². The molecule has 2 rings (SSSR count). The second-order valence-electron chi connectivity index (χ2n) is 4.45. The molecule has 0 fully saturated rings. The molecule has 1 unspecified atom stereocenters. The van der Waals surface area contributed by atoms with E-state index in [1.54, 1.807) is 7.05 Å². The summed E-state index contributed by atoms with van der Waals surface area (Å²) >= 11 is 0. The van der Waals surface area contributed by atoms with E-state index in [9.17, 15) is 0 Å². The van der Waals surface area contributed by atoms with Crippen molar-refractivity contribution >= 4 is 11.9 Å². The van der Waals surface area contributed by atoms with Crippen LogP contribution >= 0.6 is 0 Å². The van der Waals surface area contributed by atoms with E-state index in [-0.39, 0.29) is 6.04 Å². The van der Waals surface area contributed by atoms with Crippen LogP contribution in [0.25, 0.3) is 0 Å². The average Bonchev–Trinajstić information content (AvgIpc) is 2.47. The van der Waals surface area contributed by atoms with Gasteiger partial charge in [0, 0.05) is 13.1 Å². The predicted octanol–water partition coefficient (Wildman–Crippen LogP) is 1.97. The van der Waals surface area contributed by atoms with Crippen molar-refractivity contribution in [1.82, 2.24) is 15.0 Å². The van der Waals surface area contributed by atoms with Crippen LogP contribution in [0.1, 0.15) is 12.5 Å². The fourth-order valence-corrected chi connectivity index (χ4v) is 1.86. The van der Waals surface area contributed by atoms with Crippen molar-refractivity contribution in [3.05, 3.63) is 35.9 Å². The Bertz CT molecular complexity index is 524. The first kappa shape index (κ1) is 14.0. The molecule has 6 nitrogen and oxygen atoms in total. The van der Waals surface area contributed by atoms with Gasteiger partial charge in [0.25, 0.3) is 0 Å². The maximum atomic E-state index is 5.05. The minimum atomic E-state index is 0.203. The third-order valence-corrected chi connectivity index (χ3v) is 2.78. The molecular formula is C14H19N5O. The van der Waals surface area contributed by atoms with Crippen molar-refractivity contribution in [3.8, 4) is 6.01 Å². The molecule has 0 aliphatic carbocycles. The lowest BCUT2D eigenvalue weighted by Gasteiger charge is -2.14. The number of methoxy groups -OCH3 is 1. The number of benzene rings is 1. The standard InChI is InChI=1S/C14H19N5O/c1-10(9-11-7-5-4-6-8-11)16-13-17-12(15-2)18-14(19-13)20-3/h4-8,10H,9H2,1-3H3,(H2,15,16,17,18,19). The third-order valence-electron chi connectivity index (χ3n) is 2.78. The molecule has 0 bridgehead atoms. The molecule has 1 aromatic heterocycles. The van der Waals surface area contributed by atoms with Crippen LogP contribution in [-0.4, -0.2) is 35.2 Å². The fraction of sp³-hybridized carbons (Fsp3) is 0.357. The summed E-state index contributed by atoms with van der Waals surface area (Å²) in [6.45, 7) is 2.09. The molecule has 1 atom stereocenters. The Morgan fingerprint density at radius 1 is 1.10 bits per heavy atom. The quantitative estimate of drug-likeness (QED) is 0.838. The number of aromatic nitrogens is 3. The van der Waals surface area contributed by atoms with Crippen LogP contribution in [0.2, 0.25) is 0 Å². The van der Waals surface area contributed by atoms with Crippen molar-refractivity contribution in [2.75, 3.05) is 24.8 Å². The summed E-state index contributed by atoms with van der Waals surface area (Å²) in [6, 6.07) is 10.8.